The van der Waals surface area contributed by atoms with Crippen LogP contribution >= 0.6 is 11.8 Å². The molecule has 5 aliphatic rings. The Morgan fingerprint density at radius 3 is 2.25 bits per heavy atom. The van der Waals surface area contributed by atoms with Gasteiger partial charge in [-0.25, -0.2) is 0 Å². The van der Waals surface area contributed by atoms with Gasteiger partial charge in [-0.2, -0.15) is 0 Å². The van der Waals surface area contributed by atoms with Gasteiger partial charge in [0, 0.05) is 18.4 Å². The highest BCUT2D eigenvalue weighted by Crippen LogP contribution is 2.61. The fourth-order valence-electron chi connectivity index (χ4n) is 6.18. The third-order valence-electron chi connectivity index (χ3n) is 7.02. The number of nitrogens with zero attached hydrogens (tertiary/aromatic N) is 3. The highest BCUT2D eigenvalue weighted by molar-refractivity contribution is 8.00. The van der Waals surface area contributed by atoms with Gasteiger partial charge in [0.2, 0.25) is 0 Å². The van der Waals surface area contributed by atoms with E-state index in [1.54, 1.807) is 11.8 Å². The minimum absolute atomic E-state index is 0.000911. The monoisotopic (exact) mass is 345 g/mol. The lowest BCUT2D eigenvalue weighted by molar-refractivity contribution is -0.142. The van der Waals surface area contributed by atoms with Crippen molar-refractivity contribution in [3.8, 4) is 0 Å². The molecular weight excluding hydrogens is 318 g/mol. The number of hydrogen-bond donors (Lipinski definition) is 0. The normalized spacial score (nSPS) is 38.5. The van der Waals surface area contributed by atoms with Crippen LogP contribution in [0.15, 0.2) is 5.16 Å². The Hall–Kier alpha value is -0.840. The third-order valence-corrected chi connectivity index (χ3v) is 8.16. The van der Waals surface area contributed by atoms with Crippen LogP contribution in [0.25, 0.3) is 0 Å². The molecule has 6 rings (SSSR count). The number of carbonyl (C=O) groups is 1. The Morgan fingerprint density at radius 2 is 1.71 bits per heavy atom. The zero-order valence-corrected chi connectivity index (χ0v) is 15.5. The minimum atomic E-state index is -0.00352. The van der Waals surface area contributed by atoms with E-state index in [9.17, 15) is 4.79 Å². The smallest absolute Gasteiger partial charge is 0.191 e. The second kappa shape index (κ2) is 5.33. The second-order valence-electron chi connectivity index (χ2n) is 9.00. The molecule has 1 heterocycles. The zero-order valence-electron chi connectivity index (χ0n) is 14.7. The first-order valence-electron chi connectivity index (χ1n) is 9.64. The van der Waals surface area contributed by atoms with Gasteiger partial charge in [0.25, 0.3) is 0 Å². The van der Waals surface area contributed by atoms with Crippen LogP contribution in [-0.2, 0) is 11.8 Å². The highest BCUT2D eigenvalue weighted by atomic mass is 32.2. The molecule has 0 aliphatic heterocycles. The molecule has 0 N–H and O–H groups in total. The van der Waals surface area contributed by atoms with Crippen molar-refractivity contribution < 1.29 is 4.79 Å². The van der Waals surface area contributed by atoms with E-state index < -0.39 is 0 Å². The summed E-state index contributed by atoms with van der Waals surface area (Å²) < 4.78 is 2.12. The zero-order chi connectivity index (χ0) is 16.5. The van der Waals surface area contributed by atoms with Gasteiger partial charge in [0.15, 0.2) is 10.9 Å². The van der Waals surface area contributed by atoms with Crippen molar-refractivity contribution in [2.45, 2.75) is 74.6 Å². The van der Waals surface area contributed by atoms with E-state index in [1.807, 2.05) is 0 Å². The molecular formula is C19H27N3OS. The Balaban J connectivity index is 1.33. The van der Waals surface area contributed by atoms with Gasteiger partial charge in [0.05, 0.1) is 5.25 Å². The Kier molecular flexibility index (Phi) is 3.42. The van der Waals surface area contributed by atoms with Gasteiger partial charge in [-0.3, -0.25) is 4.79 Å². The average molecular weight is 346 g/mol. The van der Waals surface area contributed by atoms with Gasteiger partial charge in [0.1, 0.15) is 5.82 Å². The maximum Gasteiger partial charge on any atom is 0.191 e. The highest BCUT2D eigenvalue weighted by Gasteiger charge is 2.55. The van der Waals surface area contributed by atoms with Crippen LogP contribution in [0.5, 0.6) is 0 Å². The summed E-state index contributed by atoms with van der Waals surface area (Å²) in [5.41, 5.74) is -0.000911. The number of thioether (sulfide) groups is 1. The van der Waals surface area contributed by atoms with Crippen molar-refractivity contribution in [2.75, 3.05) is 0 Å². The first kappa shape index (κ1) is 15.4. The van der Waals surface area contributed by atoms with Gasteiger partial charge in [-0.1, -0.05) is 11.8 Å². The van der Waals surface area contributed by atoms with Crippen molar-refractivity contribution in [3.63, 3.8) is 0 Å². The standard InChI is InChI=1S/C19H27N3OS/c1-11(24-18-21-20-17(22(18)2)15-3-4-15)16(23)19-8-12-5-13(9-19)7-14(6-12)10-19/h11-15H,3-10H2,1-2H3. The molecule has 1 atom stereocenters. The Bertz CT molecular complexity index is 643. The molecule has 5 aliphatic carbocycles. The summed E-state index contributed by atoms with van der Waals surface area (Å²) >= 11 is 1.63. The first-order valence-corrected chi connectivity index (χ1v) is 10.5. The van der Waals surface area contributed by atoms with Crippen LogP contribution in [0.1, 0.15) is 70.0 Å². The predicted octanol–water partition coefficient (Wildman–Crippen LogP) is 3.96. The molecule has 0 radical (unpaired) electrons. The molecule has 0 spiro atoms. The van der Waals surface area contributed by atoms with E-state index >= 15 is 0 Å². The summed E-state index contributed by atoms with van der Waals surface area (Å²) in [7, 11) is 2.05. The van der Waals surface area contributed by atoms with Gasteiger partial charge < -0.3 is 4.57 Å². The molecule has 5 heteroatoms. The Morgan fingerprint density at radius 1 is 1.12 bits per heavy atom. The van der Waals surface area contributed by atoms with Crippen molar-refractivity contribution in [3.05, 3.63) is 5.82 Å². The fraction of sp³-hybridized carbons (Fsp3) is 0.842. The molecule has 0 aromatic carbocycles. The fourth-order valence-corrected chi connectivity index (χ4v) is 7.19. The predicted molar refractivity (Wildman–Crippen MR) is 93.9 cm³/mol. The molecule has 0 saturated heterocycles. The van der Waals surface area contributed by atoms with Crippen molar-refractivity contribution in [1.29, 1.82) is 0 Å². The van der Waals surface area contributed by atoms with Gasteiger partial charge >= 0.3 is 0 Å². The number of aromatic nitrogens is 3. The quantitative estimate of drug-likeness (QED) is 0.758. The molecule has 24 heavy (non-hydrogen) atoms. The van der Waals surface area contributed by atoms with Crippen LogP contribution in [0, 0.1) is 23.2 Å². The topological polar surface area (TPSA) is 47.8 Å². The van der Waals surface area contributed by atoms with Crippen LogP contribution in [0.4, 0.5) is 0 Å². The van der Waals surface area contributed by atoms with Crippen molar-refractivity contribution >= 4 is 17.5 Å². The summed E-state index contributed by atoms with van der Waals surface area (Å²) in [5, 5.41) is 9.65. The lowest BCUT2D eigenvalue weighted by Crippen LogP contribution is -2.51. The SMILES string of the molecule is CC(Sc1nnc(C2CC2)n1C)C(=O)C12CC3CC(CC(C3)C1)C2. The lowest BCUT2D eigenvalue weighted by atomic mass is 9.48. The van der Waals surface area contributed by atoms with Crippen LogP contribution in [-0.4, -0.2) is 25.8 Å². The molecule has 0 amide bonds. The minimum Gasteiger partial charge on any atom is -0.309 e. The van der Waals surface area contributed by atoms with Gasteiger partial charge in [-0.15, -0.1) is 10.2 Å². The maximum atomic E-state index is 13.4. The number of ketones is 1. The summed E-state index contributed by atoms with van der Waals surface area (Å²) in [6.07, 6.45) is 10.1. The van der Waals surface area contributed by atoms with Gasteiger partial charge in [-0.05, 0) is 76.0 Å². The molecule has 4 nitrogen and oxygen atoms in total. The van der Waals surface area contributed by atoms with E-state index in [2.05, 4.69) is 28.7 Å². The average Bonchev–Trinajstić information content (AvgIpc) is 3.31. The first-order chi connectivity index (χ1) is 11.5. The number of Topliss-reactive ketones (excluding diaryl/α,β-unsaturated/α-hetero) is 1. The van der Waals surface area contributed by atoms with E-state index in [0.717, 1.165) is 48.0 Å². The van der Waals surface area contributed by atoms with E-state index in [0.29, 0.717) is 11.7 Å². The summed E-state index contributed by atoms with van der Waals surface area (Å²) in [6.45, 7) is 2.09. The maximum absolute atomic E-state index is 13.4. The molecule has 5 saturated carbocycles. The van der Waals surface area contributed by atoms with E-state index in [-0.39, 0.29) is 10.7 Å². The molecule has 4 bridgehead atoms. The largest absolute Gasteiger partial charge is 0.309 e. The Labute approximate surface area is 148 Å². The number of rotatable bonds is 5. The summed E-state index contributed by atoms with van der Waals surface area (Å²) in [6, 6.07) is 0. The van der Waals surface area contributed by atoms with Crippen molar-refractivity contribution in [2.24, 2.45) is 30.2 Å². The van der Waals surface area contributed by atoms with E-state index in [4.69, 9.17) is 0 Å². The lowest BCUT2D eigenvalue weighted by Gasteiger charge is -2.56. The summed E-state index contributed by atoms with van der Waals surface area (Å²) in [5.74, 6) is 4.69. The molecule has 1 aromatic heterocycles. The van der Waals surface area contributed by atoms with Crippen LogP contribution < -0.4 is 0 Å². The third kappa shape index (κ3) is 2.38. The van der Waals surface area contributed by atoms with E-state index in [1.165, 1.54) is 32.1 Å². The van der Waals surface area contributed by atoms with Crippen LogP contribution in [0.2, 0.25) is 0 Å². The molecule has 130 valence electrons. The molecule has 5 fully saturated rings. The van der Waals surface area contributed by atoms with Crippen LogP contribution in [0.3, 0.4) is 0 Å². The molecule has 1 unspecified atom stereocenters. The van der Waals surface area contributed by atoms with Crippen molar-refractivity contribution in [1.82, 2.24) is 14.8 Å². The number of carbonyl (C=O) groups excluding carboxylic acids is 1. The second-order valence-corrected chi connectivity index (χ2v) is 10.3. The number of hydrogen-bond acceptors (Lipinski definition) is 4. The molecule has 1 aromatic rings. The summed E-state index contributed by atoms with van der Waals surface area (Å²) in [4.78, 5) is 13.4.